The first-order chi connectivity index (χ1) is 9.58. The number of carbonyl (C=O) groups is 2. The molecule has 1 aromatic rings. The minimum Gasteiger partial charge on any atom is -0.467 e. The maximum Gasteiger partial charge on any atom is 0.330 e. The molecule has 0 aromatic carbocycles. The second-order valence-electron chi connectivity index (χ2n) is 3.72. The van der Waals surface area contributed by atoms with Crippen molar-refractivity contribution in [2.24, 2.45) is 0 Å². The van der Waals surface area contributed by atoms with Gasteiger partial charge in [0, 0.05) is 7.11 Å². The van der Waals surface area contributed by atoms with Crippen LogP contribution in [0.5, 0.6) is 0 Å². The summed E-state index contributed by atoms with van der Waals surface area (Å²) >= 11 is 6.89. The quantitative estimate of drug-likeness (QED) is 0.577. The molecule has 6 nitrogen and oxygen atoms in total. The minimum atomic E-state index is -0.870. The number of ether oxygens (including phenoxy) is 3. The first kappa shape index (κ1) is 16.9. The molecule has 0 aliphatic heterocycles. The summed E-state index contributed by atoms with van der Waals surface area (Å²) in [7, 11) is 2.79. The zero-order chi connectivity index (χ0) is 15.0. The summed E-state index contributed by atoms with van der Waals surface area (Å²) in [5, 5.41) is 2.55. The van der Waals surface area contributed by atoms with Gasteiger partial charge in [-0.3, -0.25) is 4.79 Å². The number of rotatable bonds is 8. The Balaban J connectivity index is 2.55. The highest BCUT2D eigenvalue weighted by molar-refractivity contribution is 7.18. The van der Waals surface area contributed by atoms with Crippen LogP contribution in [0.1, 0.15) is 9.67 Å². The van der Waals surface area contributed by atoms with Gasteiger partial charge in [0.05, 0.1) is 36.1 Å². The molecule has 8 heteroatoms. The van der Waals surface area contributed by atoms with Crippen molar-refractivity contribution in [1.82, 2.24) is 5.32 Å². The molecule has 1 rings (SSSR count). The molecule has 0 aliphatic rings. The summed E-state index contributed by atoms with van der Waals surface area (Å²) in [5.41, 5.74) is 0. The SMILES string of the molecule is COCCOCC(NC(=O)c1ccc(Cl)s1)C(=O)OC. The standard InChI is InChI=1S/C12H16ClNO5S/c1-17-5-6-19-7-8(12(16)18-2)14-11(15)9-3-4-10(13)20-9/h3-4,8H,5-7H2,1-2H3,(H,14,15). The molecule has 0 aliphatic carbocycles. The van der Waals surface area contributed by atoms with Gasteiger partial charge in [-0.15, -0.1) is 11.3 Å². The third-order valence-corrected chi connectivity index (χ3v) is 3.53. The molecule has 0 bridgehead atoms. The zero-order valence-corrected chi connectivity index (χ0v) is 12.8. The van der Waals surface area contributed by atoms with Crippen LogP contribution in [-0.4, -0.2) is 52.0 Å². The van der Waals surface area contributed by atoms with E-state index in [1.807, 2.05) is 0 Å². The summed E-state index contributed by atoms with van der Waals surface area (Å²) in [6.45, 7) is 0.744. The normalized spacial score (nSPS) is 11.9. The second kappa shape index (κ2) is 8.91. The van der Waals surface area contributed by atoms with E-state index in [0.717, 1.165) is 11.3 Å². The Hall–Kier alpha value is -1.15. The van der Waals surface area contributed by atoms with Gasteiger partial charge in [0.1, 0.15) is 0 Å². The average molecular weight is 322 g/mol. The highest BCUT2D eigenvalue weighted by atomic mass is 35.5. The maximum absolute atomic E-state index is 11.9. The lowest BCUT2D eigenvalue weighted by Gasteiger charge is -2.16. The molecule has 1 unspecified atom stereocenters. The highest BCUT2D eigenvalue weighted by Gasteiger charge is 2.23. The number of thiophene rings is 1. The fourth-order valence-electron chi connectivity index (χ4n) is 1.32. The number of carbonyl (C=O) groups excluding carboxylic acids is 2. The highest BCUT2D eigenvalue weighted by Crippen LogP contribution is 2.21. The lowest BCUT2D eigenvalue weighted by Crippen LogP contribution is -2.44. The van der Waals surface area contributed by atoms with E-state index >= 15 is 0 Å². The Labute approximate surface area is 126 Å². The van der Waals surface area contributed by atoms with Crippen molar-refractivity contribution >= 4 is 34.8 Å². The van der Waals surface area contributed by atoms with E-state index < -0.39 is 17.9 Å². The van der Waals surface area contributed by atoms with Crippen LogP contribution >= 0.6 is 22.9 Å². The van der Waals surface area contributed by atoms with Crippen LogP contribution in [0.15, 0.2) is 12.1 Å². The second-order valence-corrected chi connectivity index (χ2v) is 5.44. The average Bonchev–Trinajstić information content (AvgIpc) is 2.88. The van der Waals surface area contributed by atoms with Gasteiger partial charge in [0.2, 0.25) is 0 Å². The number of halogens is 1. The van der Waals surface area contributed by atoms with Crippen molar-refractivity contribution in [3.05, 3.63) is 21.3 Å². The van der Waals surface area contributed by atoms with E-state index in [-0.39, 0.29) is 6.61 Å². The smallest absolute Gasteiger partial charge is 0.330 e. The van der Waals surface area contributed by atoms with Crippen molar-refractivity contribution in [1.29, 1.82) is 0 Å². The topological polar surface area (TPSA) is 73.9 Å². The molecule has 20 heavy (non-hydrogen) atoms. The van der Waals surface area contributed by atoms with Crippen LogP contribution in [0.25, 0.3) is 0 Å². The largest absolute Gasteiger partial charge is 0.467 e. The van der Waals surface area contributed by atoms with Crippen LogP contribution in [0.3, 0.4) is 0 Å². The van der Waals surface area contributed by atoms with Crippen molar-refractivity contribution in [2.75, 3.05) is 34.0 Å². The summed E-state index contributed by atoms with van der Waals surface area (Å²) in [6.07, 6.45) is 0. The van der Waals surface area contributed by atoms with Crippen LogP contribution in [0, 0.1) is 0 Å². The van der Waals surface area contributed by atoms with Crippen LogP contribution in [-0.2, 0) is 19.0 Å². The Kier molecular flexibility index (Phi) is 7.53. The van der Waals surface area contributed by atoms with Gasteiger partial charge in [-0.25, -0.2) is 4.79 Å². The van der Waals surface area contributed by atoms with E-state index in [0.29, 0.717) is 22.4 Å². The molecule has 1 amide bonds. The van der Waals surface area contributed by atoms with E-state index in [2.05, 4.69) is 10.1 Å². The molecule has 0 saturated heterocycles. The Morgan fingerprint density at radius 1 is 1.35 bits per heavy atom. The third kappa shape index (κ3) is 5.46. The molecular formula is C12H16ClNO5S. The molecule has 1 atom stereocenters. The van der Waals surface area contributed by atoms with Crippen LogP contribution in [0.2, 0.25) is 4.34 Å². The lowest BCUT2D eigenvalue weighted by molar-refractivity contribution is -0.144. The van der Waals surface area contributed by atoms with E-state index in [9.17, 15) is 9.59 Å². The predicted octanol–water partition coefficient (Wildman–Crippen LogP) is 1.34. The summed E-state index contributed by atoms with van der Waals surface area (Å²) in [5.74, 6) is -0.967. The Bertz CT molecular complexity index is 451. The Morgan fingerprint density at radius 2 is 2.10 bits per heavy atom. The van der Waals surface area contributed by atoms with Crippen molar-refractivity contribution in [3.8, 4) is 0 Å². The molecular weight excluding hydrogens is 306 g/mol. The molecule has 0 spiro atoms. The fraction of sp³-hybridized carbons (Fsp3) is 0.500. The number of nitrogens with one attached hydrogen (secondary N) is 1. The number of amides is 1. The van der Waals surface area contributed by atoms with Gasteiger partial charge < -0.3 is 19.5 Å². The number of methoxy groups -OCH3 is 2. The summed E-state index contributed by atoms with van der Waals surface area (Å²) < 4.78 is 15.2. The first-order valence-corrected chi connectivity index (χ1v) is 6.98. The third-order valence-electron chi connectivity index (χ3n) is 2.30. The van der Waals surface area contributed by atoms with Gasteiger partial charge >= 0.3 is 5.97 Å². The van der Waals surface area contributed by atoms with Crippen LogP contribution in [0.4, 0.5) is 0 Å². The number of hydrogen-bond acceptors (Lipinski definition) is 6. The van der Waals surface area contributed by atoms with Crippen LogP contribution < -0.4 is 5.32 Å². The Morgan fingerprint density at radius 3 is 2.65 bits per heavy atom. The molecule has 1 N–H and O–H groups in total. The summed E-state index contributed by atoms with van der Waals surface area (Å²) in [4.78, 5) is 23.9. The fourth-order valence-corrected chi connectivity index (χ4v) is 2.27. The summed E-state index contributed by atoms with van der Waals surface area (Å²) in [6, 6.07) is 2.33. The molecule has 0 fully saturated rings. The molecule has 1 heterocycles. The monoisotopic (exact) mass is 321 g/mol. The number of hydrogen-bond donors (Lipinski definition) is 1. The predicted molar refractivity (Wildman–Crippen MR) is 75.3 cm³/mol. The maximum atomic E-state index is 11.9. The lowest BCUT2D eigenvalue weighted by atomic mass is 10.3. The minimum absolute atomic E-state index is 0.0148. The van der Waals surface area contributed by atoms with E-state index in [4.69, 9.17) is 21.1 Å². The van der Waals surface area contributed by atoms with E-state index in [1.54, 1.807) is 19.2 Å². The van der Waals surface area contributed by atoms with E-state index in [1.165, 1.54) is 7.11 Å². The van der Waals surface area contributed by atoms with Gasteiger partial charge in [0.25, 0.3) is 5.91 Å². The van der Waals surface area contributed by atoms with Gasteiger partial charge in [-0.1, -0.05) is 11.6 Å². The molecule has 1 aromatic heterocycles. The molecule has 0 saturated carbocycles. The van der Waals surface area contributed by atoms with Gasteiger partial charge in [-0.05, 0) is 12.1 Å². The van der Waals surface area contributed by atoms with Crippen molar-refractivity contribution < 1.29 is 23.8 Å². The van der Waals surface area contributed by atoms with Crippen molar-refractivity contribution in [3.63, 3.8) is 0 Å². The van der Waals surface area contributed by atoms with Gasteiger partial charge in [-0.2, -0.15) is 0 Å². The molecule has 0 radical (unpaired) electrons. The van der Waals surface area contributed by atoms with Gasteiger partial charge in [0.15, 0.2) is 6.04 Å². The number of esters is 1. The molecule has 112 valence electrons. The first-order valence-electron chi connectivity index (χ1n) is 5.79. The van der Waals surface area contributed by atoms with Crippen molar-refractivity contribution in [2.45, 2.75) is 6.04 Å². The zero-order valence-electron chi connectivity index (χ0n) is 11.2.